The maximum Gasteiger partial charge on any atom is 0.245 e. The molecule has 0 aliphatic rings. The third-order valence-electron chi connectivity index (χ3n) is 6.46. The van der Waals surface area contributed by atoms with E-state index in [4.69, 9.17) is 4.74 Å². The van der Waals surface area contributed by atoms with Gasteiger partial charge in [0.15, 0.2) is 0 Å². The van der Waals surface area contributed by atoms with Crippen molar-refractivity contribution < 1.29 is 13.9 Å². The van der Waals surface area contributed by atoms with E-state index < -0.39 is 5.95 Å². The van der Waals surface area contributed by atoms with Crippen LogP contribution in [0.25, 0.3) is 22.0 Å². The second-order valence-electron chi connectivity index (χ2n) is 9.35. The average Bonchev–Trinajstić information content (AvgIpc) is 3.31. The third kappa shape index (κ3) is 6.57. The van der Waals surface area contributed by atoms with Crippen LogP contribution < -0.4 is 4.74 Å². The number of nitrogens with one attached hydrogen (secondary N) is 1. The highest BCUT2D eigenvalue weighted by atomic mass is 19.1. The quantitative estimate of drug-likeness (QED) is 0.131. The van der Waals surface area contributed by atoms with Crippen LogP contribution in [0.2, 0.25) is 0 Å². The third-order valence-corrected chi connectivity index (χ3v) is 6.46. The second-order valence-corrected chi connectivity index (χ2v) is 9.35. The number of carbonyl (C=O) groups excluding carboxylic acids is 1. The molecular weight excluding hydrogens is 477 g/mol. The summed E-state index contributed by atoms with van der Waals surface area (Å²) < 4.78 is 20.3. The van der Waals surface area contributed by atoms with Gasteiger partial charge in [0.2, 0.25) is 11.9 Å². The molecule has 0 saturated carbocycles. The Morgan fingerprint density at radius 3 is 2.42 bits per heavy atom. The van der Waals surface area contributed by atoms with Gasteiger partial charge in [-0.3, -0.25) is 9.89 Å². The minimum atomic E-state index is -0.498. The van der Waals surface area contributed by atoms with Crippen LogP contribution >= 0.6 is 0 Å². The number of nitrogens with zero attached hydrogens (tertiary/aromatic N) is 2. The topological polar surface area (TPSA) is 58.2 Å². The summed E-state index contributed by atoms with van der Waals surface area (Å²) in [5.41, 5.74) is 6.03. The first kappa shape index (κ1) is 26.9. The van der Waals surface area contributed by atoms with E-state index in [0.717, 1.165) is 53.7 Å². The number of ether oxygens (including phenoxy) is 1. The van der Waals surface area contributed by atoms with Crippen LogP contribution in [0.3, 0.4) is 0 Å². The summed E-state index contributed by atoms with van der Waals surface area (Å²) in [6.45, 7) is 2.75. The number of amides is 1. The molecular formula is C32H34FN3O2. The van der Waals surface area contributed by atoms with E-state index in [1.165, 1.54) is 5.57 Å². The number of benzene rings is 3. The minimum absolute atomic E-state index is 0.00285. The minimum Gasteiger partial charge on any atom is -0.494 e. The second kappa shape index (κ2) is 12.9. The zero-order valence-electron chi connectivity index (χ0n) is 22.2. The van der Waals surface area contributed by atoms with Crippen LogP contribution in [0.15, 0.2) is 84.9 Å². The van der Waals surface area contributed by atoms with Crippen molar-refractivity contribution in [2.24, 2.45) is 0 Å². The van der Waals surface area contributed by atoms with Gasteiger partial charge >= 0.3 is 0 Å². The van der Waals surface area contributed by atoms with Gasteiger partial charge in [0.1, 0.15) is 5.75 Å². The van der Waals surface area contributed by atoms with E-state index in [1.54, 1.807) is 25.1 Å². The first-order valence-electron chi connectivity index (χ1n) is 13.0. The lowest BCUT2D eigenvalue weighted by Crippen LogP contribution is -2.18. The Balaban J connectivity index is 1.53. The van der Waals surface area contributed by atoms with Gasteiger partial charge in [0, 0.05) is 14.1 Å². The molecule has 0 aliphatic heterocycles. The molecule has 0 unspecified atom stereocenters. The Morgan fingerprint density at radius 2 is 1.71 bits per heavy atom. The lowest BCUT2D eigenvalue weighted by Gasteiger charge is -2.17. The molecule has 5 nitrogen and oxygen atoms in total. The summed E-state index contributed by atoms with van der Waals surface area (Å²) in [7, 11) is 3.49. The first-order chi connectivity index (χ1) is 18.5. The fraction of sp³-hybridized carbons (Fsp3) is 0.250. The van der Waals surface area contributed by atoms with Gasteiger partial charge < -0.3 is 9.64 Å². The zero-order valence-corrected chi connectivity index (χ0v) is 22.2. The van der Waals surface area contributed by atoms with Gasteiger partial charge in [-0.1, -0.05) is 61.5 Å². The van der Waals surface area contributed by atoms with Gasteiger partial charge in [-0.2, -0.15) is 4.39 Å². The van der Waals surface area contributed by atoms with Gasteiger partial charge in [0.05, 0.1) is 17.5 Å². The lowest BCUT2D eigenvalue weighted by molar-refractivity contribution is -0.123. The standard InChI is InChI=1S/C32H34FN3O2/c1-4-27(23-12-8-7-9-13-23)31(25-17-20-29-28(22-25)32(33)35-34-29)24-15-18-26(19-16-24)38-21-11-6-5-10-14-30(37)36(2)3/h7-10,12-20,22H,4-6,11,21H2,1-3H3,(H,34,35)/b14-10+,31-27+. The normalized spacial score (nSPS) is 12.1. The first-order valence-corrected chi connectivity index (χ1v) is 13.0. The van der Waals surface area contributed by atoms with E-state index in [-0.39, 0.29) is 5.91 Å². The summed E-state index contributed by atoms with van der Waals surface area (Å²) >= 11 is 0. The molecule has 4 rings (SSSR count). The molecule has 0 aliphatic carbocycles. The molecule has 1 heterocycles. The predicted octanol–water partition coefficient (Wildman–Crippen LogP) is 7.26. The van der Waals surface area contributed by atoms with Crippen molar-refractivity contribution in [3.63, 3.8) is 0 Å². The number of aromatic nitrogens is 2. The molecule has 3 aromatic carbocycles. The van der Waals surface area contributed by atoms with E-state index in [2.05, 4.69) is 41.4 Å². The Morgan fingerprint density at radius 1 is 0.974 bits per heavy atom. The van der Waals surface area contributed by atoms with Crippen LogP contribution in [0.5, 0.6) is 5.75 Å². The predicted molar refractivity (Wildman–Crippen MR) is 152 cm³/mol. The molecule has 0 fully saturated rings. The molecule has 1 aromatic heterocycles. The number of H-pyrrole nitrogens is 1. The van der Waals surface area contributed by atoms with Gasteiger partial charge in [0.25, 0.3) is 0 Å². The molecule has 196 valence electrons. The Hall–Kier alpha value is -4.19. The number of aromatic amines is 1. The van der Waals surface area contributed by atoms with Gasteiger partial charge in [-0.15, -0.1) is 5.10 Å². The maximum absolute atomic E-state index is 14.3. The molecule has 0 saturated heterocycles. The van der Waals surface area contributed by atoms with Crippen molar-refractivity contribution in [2.45, 2.75) is 32.6 Å². The largest absolute Gasteiger partial charge is 0.494 e. The number of carbonyl (C=O) groups is 1. The number of allylic oxidation sites excluding steroid dienone is 2. The molecule has 38 heavy (non-hydrogen) atoms. The number of likely N-dealkylation sites (N-methyl/N-ethyl adjacent to an activating group) is 1. The van der Waals surface area contributed by atoms with E-state index >= 15 is 0 Å². The van der Waals surface area contributed by atoms with Crippen molar-refractivity contribution >= 4 is 28.0 Å². The number of fused-ring (bicyclic) bond motifs is 1. The van der Waals surface area contributed by atoms with Crippen LogP contribution in [-0.4, -0.2) is 41.7 Å². The highest BCUT2D eigenvalue weighted by molar-refractivity contribution is 6.00. The molecule has 0 radical (unpaired) electrons. The van der Waals surface area contributed by atoms with Crippen molar-refractivity contribution in [1.29, 1.82) is 0 Å². The molecule has 1 amide bonds. The maximum atomic E-state index is 14.3. The number of unbranched alkanes of at least 4 members (excludes halogenated alkanes) is 2. The van der Waals surface area contributed by atoms with Crippen LogP contribution in [0.1, 0.15) is 49.3 Å². The Kier molecular flexibility index (Phi) is 9.09. The van der Waals surface area contributed by atoms with Crippen molar-refractivity contribution in [1.82, 2.24) is 15.1 Å². The SMILES string of the molecule is CC/C(=C(/c1ccc(OCCCC/C=C/C(=O)N(C)C)cc1)c1ccc2[nH]nc(F)c2c1)c1ccccc1. The zero-order chi connectivity index (χ0) is 26.9. The number of hydrogen-bond donors (Lipinski definition) is 1. The molecule has 1 N–H and O–H groups in total. The molecule has 0 bridgehead atoms. The summed E-state index contributed by atoms with van der Waals surface area (Å²) in [5, 5.41) is 6.94. The fourth-order valence-corrected chi connectivity index (χ4v) is 4.42. The van der Waals surface area contributed by atoms with E-state index in [0.29, 0.717) is 17.5 Å². The van der Waals surface area contributed by atoms with E-state index in [1.807, 2.05) is 54.6 Å². The fourth-order valence-electron chi connectivity index (χ4n) is 4.42. The van der Waals surface area contributed by atoms with Crippen molar-refractivity contribution in [2.75, 3.05) is 20.7 Å². The molecule has 6 heteroatoms. The number of halogens is 1. The number of rotatable bonds is 11. The summed E-state index contributed by atoms with van der Waals surface area (Å²) in [5.74, 6) is 0.311. The molecule has 0 spiro atoms. The van der Waals surface area contributed by atoms with Gasteiger partial charge in [-0.05, 0) is 83.9 Å². The van der Waals surface area contributed by atoms with Gasteiger partial charge in [-0.25, -0.2) is 0 Å². The highest BCUT2D eigenvalue weighted by Crippen LogP contribution is 2.36. The van der Waals surface area contributed by atoms with Crippen molar-refractivity contribution in [3.8, 4) is 5.75 Å². The van der Waals surface area contributed by atoms with Crippen LogP contribution in [0, 0.1) is 5.95 Å². The molecule has 0 atom stereocenters. The molecule has 4 aromatic rings. The smallest absolute Gasteiger partial charge is 0.245 e. The average molecular weight is 512 g/mol. The summed E-state index contributed by atoms with van der Waals surface area (Å²) in [6, 6.07) is 24.2. The monoisotopic (exact) mass is 511 g/mol. The summed E-state index contributed by atoms with van der Waals surface area (Å²) in [6.07, 6.45) is 7.04. The van der Waals surface area contributed by atoms with E-state index in [9.17, 15) is 9.18 Å². The summed E-state index contributed by atoms with van der Waals surface area (Å²) in [4.78, 5) is 13.1. The van der Waals surface area contributed by atoms with Crippen LogP contribution in [0.4, 0.5) is 4.39 Å². The Bertz CT molecular complexity index is 1420. The highest BCUT2D eigenvalue weighted by Gasteiger charge is 2.15. The van der Waals surface area contributed by atoms with Crippen LogP contribution in [-0.2, 0) is 4.79 Å². The Labute approximate surface area is 223 Å². The van der Waals surface area contributed by atoms with Crippen molar-refractivity contribution in [3.05, 3.63) is 108 Å². The lowest BCUT2D eigenvalue weighted by atomic mass is 9.88. The number of hydrogen-bond acceptors (Lipinski definition) is 3.